The zero-order chi connectivity index (χ0) is 54.3. The van der Waals surface area contributed by atoms with Crippen LogP contribution in [0, 0.1) is 3.57 Å². The van der Waals surface area contributed by atoms with E-state index >= 15 is 0 Å². The molecule has 406 valence electrons. The van der Waals surface area contributed by atoms with Gasteiger partial charge in [0, 0.05) is 72.8 Å². The van der Waals surface area contributed by atoms with Crippen molar-refractivity contribution >= 4 is 82.2 Å². The number of esters is 9. The molecule has 3 aliphatic rings. The van der Waals surface area contributed by atoms with Gasteiger partial charge in [0.15, 0.2) is 67.7 Å². The molecule has 0 spiro atoms. The van der Waals surface area contributed by atoms with Crippen LogP contribution in [0.5, 0.6) is 0 Å². The summed E-state index contributed by atoms with van der Waals surface area (Å²) in [5.41, 5.74) is 0.856. The summed E-state index contributed by atoms with van der Waals surface area (Å²) < 4.78 is 88.7. The van der Waals surface area contributed by atoms with E-state index in [9.17, 15) is 47.9 Å². The number of nitrogens with one attached hydrogen (secondary N) is 1. The van der Waals surface area contributed by atoms with Gasteiger partial charge in [-0.2, -0.15) is 0 Å². The standard InChI is InChI=1S/C46H60INO25/c1-20(49)48-35-39(66-26(7)55)36(63-23(4)52)32(17-60-21(2)50)70-44(35)73-43-41(68-28(9)57)37(64-24(5)53)33(18-61-22(3)51)72-46(43)62-19-34-38(65-25(6)54)40(67-27(8)56)42(69-29(10)58)45(71-34)59-16-15-30-11-13-31(47)14-12-30/h11-14,32-46H,15-19H2,1-10H3,(H,48,49)/t32-,33-,34-,35-,36-,37-,38-,39-,40+,41+,42-,43+,44+,45-,46+/m1/s1. The fraction of sp³-hybridized carbons (Fsp3) is 0.652. The van der Waals surface area contributed by atoms with Crippen LogP contribution in [-0.4, -0.2) is 178 Å². The van der Waals surface area contributed by atoms with Gasteiger partial charge in [0.05, 0.1) is 13.2 Å². The highest BCUT2D eigenvalue weighted by Gasteiger charge is 2.58. The molecule has 4 rings (SSSR count). The van der Waals surface area contributed by atoms with Gasteiger partial charge in [-0.1, -0.05) is 12.1 Å². The van der Waals surface area contributed by atoms with Crippen molar-refractivity contribution in [3.8, 4) is 0 Å². The van der Waals surface area contributed by atoms with Crippen LogP contribution in [0.15, 0.2) is 24.3 Å². The molecule has 0 radical (unpaired) electrons. The van der Waals surface area contributed by atoms with Crippen molar-refractivity contribution in [3.05, 3.63) is 33.4 Å². The van der Waals surface area contributed by atoms with Gasteiger partial charge in [0.1, 0.15) is 37.6 Å². The topological polar surface area (TPSA) is 321 Å². The molecule has 1 amide bonds. The molecule has 3 aliphatic heterocycles. The van der Waals surface area contributed by atoms with Crippen LogP contribution < -0.4 is 5.32 Å². The van der Waals surface area contributed by atoms with E-state index in [-0.39, 0.29) is 6.61 Å². The van der Waals surface area contributed by atoms with E-state index < -0.39 is 172 Å². The number of rotatable bonds is 21. The second-order valence-corrected chi connectivity index (χ2v) is 17.9. The minimum Gasteiger partial charge on any atom is -0.463 e. The Hall–Kier alpha value is -5.59. The highest BCUT2D eigenvalue weighted by molar-refractivity contribution is 14.1. The average molecular weight is 1150 g/mol. The van der Waals surface area contributed by atoms with Gasteiger partial charge in [-0.05, 0) is 46.7 Å². The van der Waals surface area contributed by atoms with Crippen molar-refractivity contribution in [2.75, 3.05) is 26.4 Å². The summed E-state index contributed by atoms with van der Waals surface area (Å²) in [5.74, 6) is -8.85. The highest BCUT2D eigenvalue weighted by Crippen LogP contribution is 2.36. The summed E-state index contributed by atoms with van der Waals surface area (Å²) in [6, 6.07) is 5.86. The Labute approximate surface area is 432 Å². The monoisotopic (exact) mass is 1150 g/mol. The van der Waals surface area contributed by atoms with Crippen molar-refractivity contribution in [1.29, 1.82) is 0 Å². The third-order valence-corrected chi connectivity index (χ3v) is 11.2. The SMILES string of the molecule is CC(=O)N[C@H]1[C@H](O[C@@H]2[C@@H](OC[C@H]3O[C@@H](OCCc4ccc(I)cc4)[C@H](OC(C)=O)[C@@H](OC(C)=O)[C@@H]3OC(C)=O)O[C@H](COC(C)=O)[C@@H](OC(C)=O)[C@@H]2OC(C)=O)O[C@H](COC(C)=O)[C@@H](OC(C)=O)[C@@H]1OC(C)=O. The van der Waals surface area contributed by atoms with Gasteiger partial charge in [-0.3, -0.25) is 47.9 Å². The molecule has 0 aromatic heterocycles. The van der Waals surface area contributed by atoms with Gasteiger partial charge >= 0.3 is 53.7 Å². The molecule has 0 saturated carbocycles. The van der Waals surface area contributed by atoms with Crippen LogP contribution in [-0.2, 0) is 125 Å². The lowest BCUT2D eigenvalue weighted by Gasteiger charge is -2.49. The van der Waals surface area contributed by atoms with E-state index in [0.717, 1.165) is 78.4 Å². The van der Waals surface area contributed by atoms with Crippen LogP contribution in [0.2, 0.25) is 0 Å². The number of halogens is 1. The largest absolute Gasteiger partial charge is 0.463 e. The quantitative estimate of drug-likeness (QED) is 0.0999. The highest BCUT2D eigenvalue weighted by atomic mass is 127. The molecule has 3 fully saturated rings. The van der Waals surface area contributed by atoms with Gasteiger partial charge < -0.3 is 76.4 Å². The van der Waals surface area contributed by atoms with Crippen LogP contribution in [0.4, 0.5) is 0 Å². The van der Waals surface area contributed by atoms with E-state index in [1.807, 2.05) is 24.3 Å². The number of hydrogen-bond acceptors (Lipinski definition) is 25. The minimum atomic E-state index is -1.91. The first-order chi connectivity index (χ1) is 34.3. The number of hydrogen-bond donors (Lipinski definition) is 1. The molecule has 15 atom stereocenters. The molecule has 27 heteroatoms. The average Bonchev–Trinajstić information content (AvgIpc) is 3.26. The summed E-state index contributed by atoms with van der Waals surface area (Å²) in [5, 5.41) is 2.54. The van der Waals surface area contributed by atoms with Gasteiger partial charge in [0.25, 0.3) is 0 Å². The van der Waals surface area contributed by atoms with Crippen molar-refractivity contribution < 1.29 is 119 Å². The van der Waals surface area contributed by atoms with E-state index in [1.165, 1.54) is 0 Å². The Balaban J connectivity index is 1.89. The Kier molecular flexibility index (Phi) is 23.2. The molecule has 1 aromatic rings. The Bertz CT molecular complexity index is 2140. The fourth-order valence-corrected chi connectivity index (χ4v) is 8.33. The summed E-state index contributed by atoms with van der Waals surface area (Å²) >= 11 is 2.15. The Morgan fingerprint density at radius 3 is 1.25 bits per heavy atom. The zero-order valence-corrected chi connectivity index (χ0v) is 43.7. The summed E-state index contributed by atoms with van der Waals surface area (Å²) in [7, 11) is 0. The number of carbonyl (C=O) groups is 10. The Morgan fingerprint density at radius 1 is 0.438 bits per heavy atom. The normalized spacial score (nSPS) is 29.7. The molecule has 3 heterocycles. The maximum absolute atomic E-state index is 13.0. The summed E-state index contributed by atoms with van der Waals surface area (Å²) in [6.45, 7) is 8.32. The van der Waals surface area contributed by atoms with Crippen LogP contribution in [0.25, 0.3) is 0 Å². The number of benzene rings is 1. The van der Waals surface area contributed by atoms with Gasteiger partial charge in [-0.15, -0.1) is 0 Å². The third-order valence-electron chi connectivity index (χ3n) is 10.5. The lowest BCUT2D eigenvalue weighted by molar-refractivity contribution is -0.364. The molecule has 0 aliphatic carbocycles. The first-order valence-electron chi connectivity index (χ1n) is 22.7. The van der Waals surface area contributed by atoms with Gasteiger partial charge in [-0.25, -0.2) is 0 Å². The third kappa shape index (κ3) is 18.7. The van der Waals surface area contributed by atoms with E-state index in [2.05, 4.69) is 27.9 Å². The first-order valence-corrected chi connectivity index (χ1v) is 23.7. The number of carbonyl (C=O) groups excluding carboxylic acids is 10. The smallest absolute Gasteiger partial charge is 0.303 e. The molecule has 73 heavy (non-hydrogen) atoms. The van der Waals surface area contributed by atoms with E-state index in [1.54, 1.807) is 0 Å². The van der Waals surface area contributed by atoms with Crippen molar-refractivity contribution in [2.45, 2.75) is 168 Å². The molecule has 1 N–H and O–H groups in total. The zero-order valence-electron chi connectivity index (χ0n) is 41.6. The maximum atomic E-state index is 13.0. The molecule has 3 saturated heterocycles. The fourth-order valence-electron chi connectivity index (χ4n) is 7.97. The lowest BCUT2D eigenvalue weighted by atomic mass is 9.94. The predicted octanol–water partition coefficient (Wildman–Crippen LogP) is 0.580. The molecule has 26 nitrogen and oxygen atoms in total. The summed E-state index contributed by atoms with van der Waals surface area (Å²) in [6.07, 6.45) is -23.0. The lowest BCUT2D eigenvalue weighted by Crippen LogP contribution is -2.69. The van der Waals surface area contributed by atoms with Crippen LogP contribution in [0.3, 0.4) is 0 Å². The second-order valence-electron chi connectivity index (χ2n) is 16.7. The molecular weight excluding hydrogens is 1090 g/mol. The second kappa shape index (κ2) is 28.2. The van der Waals surface area contributed by atoms with Crippen molar-refractivity contribution in [2.24, 2.45) is 0 Å². The van der Waals surface area contributed by atoms with Crippen molar-refractivity contribution in [1.82, 2.24) is 5.32 Å². The maximum Gasteiger partial charge on any atom is 0.303 e. The summed E-state index contributed by atoms with van der Waals surface area (Å²) in [4.78, 5) is 126. The van der Waals surface area contributed by atoms with E-state index in [4.69, 9.17) is 71.1 Å². The minimum absolute atomic E-state index is 0.0509. The first kappa shape index (κ1) is 60.0. The molecular formula is C46H60INO25. The molecule has 0 bridgehead atoms. The Morgan fingerprint density at radius 2 is 0.808 bits per heavy atom. The molecule has 0 unspecified atom stereocenters. The number of amides is 1. The van der Waals surface area contributed by atoms with E-state index in [0.29, 0.717) is 6.42 Å². The van der Waals surface area contributed by atoms with Gasteiger partial charge in [0.2, 0.25) is 5.91 Å². The van der Waals surface area contributed by atoms with Crippen LogP contribution >= 0.6 is 22.6 Å². The van der Waals surface area contributed by atoms with Crippen LogP contribution in [0.1, 0.15) is 74.8 Å². The number of ether oxygens (including phenoxy) is 15. The predicted molar refractivity (Wildman–Crippen MR) is 245 cm³/mol. The molecule has 1 aromatic carbocycles. The van der Waals surface area contributed by atoms with Crippen molar-refractivity contribution in [3.63, 3.8) is 0 Å².